The summed E-state index contributed by atoms with van der Waals surface area (Å²) in [5.74, 6) is 0.175. The van der Waals surface area contributed by atoms with E-state index in [2.05, 4.69) is 21.7 Å². The fourth-order valence-corrected chi connectivity index (χ4v) is 5.79. The van der Waals surface area contributed by atoms with Crippen molar-refractivity contribution >= 4 is 28.3 Å². The second-order valence-corrected chi connectivity index (χ2v) is 10.2. The number of rotatable bonds is 8. The number of fused-ring (bicyclic) bond motifs is 1. The van der Waals surface area contributed by atoms with Crippen molar-refractivity contribution in [3.05, 3.63) is 75.9 Å². The molecule has 182 valence electrons. The number of carbonyl (C=O) groups excluding carboxylic acids is 2. The van der Waals surface area contributed by atoms with Crippen LogP contribution in [0.2, 0.25) is 0 Å². The van der Waals surface area contributed by atoms with Crippen LogP contribution in [0.25, 0.3) is 0 Å². The maximum atomic E-state index is 12.7. The number of alkyl carbamates (subject to hydrolysis) is 1. The number of amides is 2. The summed E-state index contributed by atoms with van der Waals surface area (Å²) in [5, 5.41) is 16.2. The number of hydrogen-bond donors (Lipinski definition) is 3. The second-order valence-electron chi connectivity index (χ2n) is 9.08. The molecule has 0 saturated heterocycles. The average Bonchev–Trinajstić information content (AvgIpc) is 3.51. The molecule has 0 fully saturated rings. The molecular formula is C27H30N4O3S. The molecule has 2 amide bonds. The number of nitriles is 1. The summed E-state index contributed by atoms with van der Waals surface area (Å²) in [6.45, 7) is 4.24. The lowest BCUT2D eigenvalue weighted by atomic mass is 9.88. The van der Waals surface area contributed by atoms with E-state index in [1.807, 2.05) is 62.5 Å². The zero-order valence-electron chi connectivity index (χ0n) is 20.0. The summed E-state index contributed by atoms with van der Waals surface area (Å²) in [5.41, 5.74) is 3.62. The van der Waals surface area contributed by atoms with E-state index in [0.29, 0.717) is 23.6 Å². The highest BCUT2D eigenvalue weighted by molar-refractivity contribution is 7.16. The highest BCUT2D eigenvalue weighted by Gasteiger charge is 2.27. The molecule has 3 unspecified atom stereocenters. The zero-order chi connectivity index (χ0) is 24.8. The van der Waals surface area contributed by atoms with Crippen molar-refractivity contribution in [3.63, 3.8) is 0 Å². The van der Waals surface area contributed by atoms with E-state index < -0.39 is 6.09 Å². The average molecular weight is 491 g/mol. The number of nitrogens with zero attached hydrogens (tertiary/aromatic N) is 1. The van der Waals surface area contributed by atoms with Gasteiger partial charge in [-0.25, -0.2) is 4.79 Å². The van der Waals surface area contributed by atoms with E-state index in [4.69, 9.17) is 4.74 Å². The lowest BCUT2D eigenvalue weighted by molar-refractivity contribution is -0.116. The van der Waals surface area contributed by atoms with Gasteiger partial charge < -0.3 is 20.4 Å². The molecule has 7 nitrogen and oxygen atoms in total. The number of benzene rings is 1. The topological polar surface area (TPSA) is 107 Å². The Balaban J connectivity index is 1.32. The molecule has 8 heteroatoms. The number of thiophene rings is 1. The first-order valence-corrected chi connectivity index (χ1v) is 12.7. The standard InChI is InChI=1S/C27H30N4O3S/c1-17(20-7-4-3-5-8-20)13-25(32)31-26-22(15-28)21-11-10-19(14-24(21)35-26)16-34-27(33)30-18(2)23-9-6-12-29-23/h3-9,12,17-19,29H,10-11,13-14,16H2,1-2H3,(H,30,33)(H,31,32). The maximum Gasteiger partial charge on any atom is 0.407 e. The predicted molar refractivity (Wildman–Crippen MR) is 136 cm³/mol. The molecule has 0 spiro atoms. The maximum absolute atomic E-state index is 12.7. The van der Waals surface area contributed by atoms with Gasteiger partial charge in [-0.05, 0) is 61.3 Å². The molecule has 3 atom stereocenters. The molecule has 3 aromatic rings. The van der Waals surface area contributed by atoms with E-state index in [0.717, 1.165) is 41.0 Å². The number of H-pyrrole nitrogens is 1. The molecule has 1 aliphatic carbocycles. The van der Waals surface area contributed by atoms with E-state index in [9.17, 15) is 14.9 Å². The van der Waals surface area contributed by atoms with Gasteiger partial charge in [-0.3, -0.25) is 4.79 Å². The van der Waals surface area contributed by atoms with Gasteiger partial charge in [0.2, 0.25) is 5.91 Å². The molecule has 2 aromatic heterocycles. The van der Waals surface area contributed by atoms with Crippen LogP contribution < -0.4 is 10.6 Å². The quantitative estimate of drug-likeness (QED) is 0.378. The van der Waals surface area contributed by atoms with Crippen LogP contribution in [0.1, 0.15) is 65.9 Å². The highest BCUT2D eigenvalue weighted by atomic mass is 32.1. The Morgan fingerprint density at radius 3 is 2.74 bits per heavy atom. The monoisotopic (exact) mass is 490 g/mol. The number of nitrogens with one attached hydrogen (secondary N) is 3. The van der Waals surface area contributed by atoms with Crippen molar-refractivity contribution in [1.82, 2.24) is 10.3 Å². The number of anilines is 1. The van der Waals surface area contributed by atoms with Crippen LogP contribution in [0.5, 0.6) is 0 Å². The third-order valence-corrected chi connectivity index (χ3v) is 7.64. The smallest absolute Gasteiger partial charge is 0.407 e. The van der Waals surface area contributed by atoms with Crippen LogP contribution in [0.15, 0.2) is 48.7 Å². The van der Waals surface area contributed by atoms with Gasteiger partial charge in [-0.2, -0.15) is 5.26 Å². The van der Waals surface area contributed by atoms with E-state index in [1.165, 1.54) is 11.3 Å². The first-order chi connectivity index (χ1) is 16.9. The Bertz CT molecular complexity index is 1200. The van der Waals surface area contributed by atoms with E-state index in [-0.39, 0.29) is 23.8 Å². The Hall–Kier alpha value is -3.57. The minimum Gasteiger partial charge on any atom is -0.449 e. The lowest BCUT2D eigenvalue weighted by Gasteiger charge is -2.22. The van der Waals surface area contributed by atoms with Gasteiger partial charge in [-0.15, -0.1) is 11.3 Å². The molecule has 2 heterocycles. The number of ether oxygens (including phenoxy) is 1. The summed E-state index contributed by atoms with van der Waals surface area (Å²) in [6.07, 6.45) is 4.02. The summed E-state index contributed by atoms with van der Waals surface area (Å²) >= 11 is 1.47. The number of aromatic nitrogens is 1. The predicted octanol–water partition coefficient (Wildman–Crippen LogP) is 5.67. The first-order valence-electron chi connectivity index (χ1n) is 11.9. The van der Waals surface area contributed by atoms with Crippen molar-refractivity contribution in [1.29, 1.82) is 5.26 Å². The Labute approximate surface area is 209 Å². The van der Waals surface area contributed by atoms with Crippen LogP contribution in [-0.4, -0.2) is 23.6 Å². The SMILES string of the molecule is CC(CC(=O)Nc1sc2c(c1C#N)CCC(COC(=O)NC(C)c1ccc[nH]1)C2)c1ccccc1. The van der Waals surface area contributed by atoms with E-state index >= 15 is 0 Å². The summed E-state index contributed by atoms with van der Waals surface area (Å²) in [4.78, 5) is 29.1. The molecule has 0 radical (unpaired) electrons. The van der Waals surface area contributed by atoms with E-state index in [1.54, 1.807) is 0 Å². The van der Waals surface area contributed by atoms with Crippen molar-refractivity contribution in [2.75, 3.05) is 11.9 Å². The second kappa shape index (κ2) is 11.2. The number of aromatic amines is 1. The molecule has 0 saturated carbocycles. The van der Waals surface area contributed by atoms with Crippen LogP contribution in [0, 0.1) is 17.2 Å². The van der Waals surface area contributed by atoms with Gasteiger partial charge >= 0.3 is 6.09 Å². The summed E-state index contributed by atoms with van der Waals surface area (Å²) < 4.78 is 5.48. The number of hydrogen-bond acceptors (Lipinski definition) is 5. The lowest BCUT2D eigenvalue weighted by Crippen LogP contribution is -2.30. The van der Waals surface area contributed by atoms with Gasteiger partial charge in [0.15, 0.2) is 0 Å². The zero-order valence-corrected chi connectivity index (χ0v) is 20.8. The fraction of sp³-hybridized carbons (Fsp3) is 0.370. The molecule has 0 aliphatic heterocycles. The minimum atomic E-state index is -0.442. The normalized spacial score (nSPS) is 16.4. The van der Waals surface area contributed by atoms with Crippen molar-refractivity contribution in [3.8, 4) is 6.07 Å². The third kappa shape index (κ3) is 6.11. The Kier molecular flexibility index (Phi) is 7.88. The molecule has 1 aliphatic rings. The van der Waals surface area contributed by atoms with Crippen LogP contribution in [0.4, 0.5) is 9.80 Å². The van der Waals surface area contributed by atoms with Crippen LogP contribution in [0.3, 0.4) is 0 Å². The Morgan fingerprint density at radius 1 is 1.23 bits per heavy atom. The molecular weight excluding hydrogens is 460 g/mol. The van der Waals surface area contributed by atoms with Gasteiger partial charge in [0.05, 0.1) is 18.2 Å². The molecule has 0 bridgehead atoms. The Morgan fingerprint density at radius 2 is 2.03 bits per heavy atom. The third-order valence-electron chi connectivity index (χ3n) is 6.47. The van der Waals surface area contributed by atoms with Crippen molar-refractivity contribution in [2.45, 2.75) is 51.5 Å². The van der Waals surface area contributed by atoms with Gasteiger partial charge in [0, 0.05) is 23.2 Å². The molecule has 1 aromatic carbocycles. The van der Waals surface area contributed by atoms with Crippen molar-refractivity contribution < 1.29 is 14.3 Å². The van der Waals surface area contributed by atoms with Crippen LogP contribution >= 0.6 is 11.3 Å². The van der Waals surface area contributed by atoms with Gasteiger partial charge in [0.25, 0.3) is 0 Å². The van der Waals surface area contributed by atoms with Crippen molar-refractivity contribution in [2.24, 2.45) is 5.92 Å². The molecule has 4 rings (SSSR count). The fourth-order valence-electron chi connectivity index (χ4n) is 4.46. The van der Waals surface area contributed by atoms with Gasteiger partial charge in [0.1, 0.15) is 11.1 Å². The largest absolute Gasteiger partial charge is 0.449 e. The highest BCUT2D eigenvalue weighted by Crippen LogP contribution is 2.39. The summed E-state index contributed by atoms with van der Waals surface area (Å²) in [7, 11) is 0. The van der Waals surface area contributed by atoms with Crippen LogP contribution in [-0.2, 0) is 22.4 Å². The molecule has 35 heavy (non-hydrogen) atoms. The minimum absolute atomic E-state index is 0.0868. The number of carbonyl (C=O) groups is 2. The first kappa shape index (κ1) is 24.6. The molecule has 3 N–H and O–H groups in total. The summed E-state index contributed by atoms with van der Waals surface area (Å²) in [6, 6.07) is 15.9. The van der Waals surface area contributed by atoms with Gasteiger partial charge in [-0.1, -0.05) is 37.3 Å².